The number of rotatable bonds is 7. The second-order valence-electron chi connectivity index (χ2n) is 8.95. The molecule has 7 nitrogen and oxygen atoms in total. The van der Waals surface area contributed by atoms with E-state index in [4.69, 9.17) is 5.10 Å². The lowest BCUT2D eigenvalue weighted by atomic mass is 10.0. The Morgan fingerprint density at radius 3 is 2.67 bits per heavy atom. The summed E-state index contributed by atoms with van der Waals surface area (Å²) < 4.78 is 4.16. The fourth-order valence-corrected chi connectivity index (χ4v) is 4.91. The van der Waals surface area contributed by atoms with Gasteiger partial charge in [-0.25, -0.2) is 4.98 Å². The van der Waals surface area contributed by atoms with Crippen LogP contribution in [-0.2, 0) is 26.6 Å². The molecule has 2 aliphatic heterocycles. The maximum absolute atomic E-state index is 4.92. The van der Waals surface area contributed by atoms with Gasteiger partial charge in [0.1, 0.15) is 0 Å². The van der Waals surface area contributed by atoms with Gasteiger partial charge in [-0.15, -0.1) is 0 Å². The smallest absolute Gasteiger partial charge is 0.159 e. The number of likely N-dealkylation sites (tertiary alicyclic amines) is 1. The maximum Gasteiger partial charge on any atom is 0.159 e. The Morgan fingerprint density at radius 2 is 1.87 bits per heavy atom. The first-order valence-electron chi connectivity index (χ1n) is 11.4. The lowest BCUT2D eigenvalue weighted by Gasteiger charge is -2.30. The van der Waals surface area contributed by atoms with Crippen molar-refractivity contribution in [1.29, 1.82) is 0 Å². The molecule has 0 aromatic carbocycles. The third kappa shape index (κ3) is 3.60. The highest BCUT2D eigenvalue weighted by Gasteiger charge is 2.25. The third-order valence-electron chi connectivity index (χ3n) is 6.78. The molecule has 0 spiro atoms. The van der Waals surface area contributed by atoms with Crippen molar-refractivity contribution in [3.63, 3.8) is 0 Å². The Hall–Kier alpha value is -2.41. The zero-order valence-electron chi connectivity index (χ0n) is 18.6. The summed E-state index contributed by atoms with van der Waals surface area (Å²) >= 11 is 0. The highest BCUT2D eigenvalue weighted by molar-refractivity contribution is 5.89. The predicted molar refractivity (Wildman–Crippen MR) is 120 cm³/mol. The molecule has 0 amide bonds. The molecule has 3 aromatic heterocycles. The van der Waals surface area contributed by atoms with Crippen LogP contribution in [0.4, 0.5) is 5.69 Å². The van der Waals surface area contributed by atoms with E-state index in [1.54, 1.807) is 0 Å². The van der Waals surface area contributed by atoms with E-state index in [2.05, 4.69) is 44.5 Å². The van der Waals surface area contributed by atoms with Crippen LogP contribution in [0.15, 0.2) is 12.3 Å². The van der Waals surface area contributed by atoms with Crippen LogP contribution < -0.4 is 4.90 Å². The summed E-state index contributed by atoms with van der Waals surface area (Å²) in [5.74, 6) is 0. The van der Waals surface area contributed by atoms with Gasteiger partial charge in [0.2, 0.25) is 0 Å². The average Bonchev–Trinajstić information content (AvgIpc) is 3.22. The summed E-state index contributed by atoms with van der Waals surface area (Å²) in [5.41, 5.74) is 7.28. The number of fused-ring (bicyclic) bond motifs is 2. The zero-order valence-corrected chi connectivity index (χ0v) is 18.6. The number of aryl methyl sites for hydroxylation is 4. The van der Waals surface area contributed by atoms with Gasteiger partial charge in [-0.1, -0.05) is 6.42 Å². The van der Waals surface area contributed by atoms with Crippen LogP contribution in [0.5, 0.6) is 0 Å². The minimum atomic E-state index is 0.920. The quantitative estimate of drug-likeness (QED) is 0.563. The Kier molecular flexibility index (Phi) is 5.23. The largest absolute Gasteiger partial charge is 0.366 e. The summed E-state index contributed by atoms with van der Waals surface area (Å²) in [6.07, 6.45) is 8.23. The second-order valence-corrected chi connectivity index (χ2v) is 8.95. The number of aromatic nitrogens is 5. The van der Waals surface area contributed by atoms with Gasteiger partial charge in [0.25, 0.3) is 0 Å². The molecule has 5 rings (SSSR count). The molecule has 1 saturated heterocycles. The fourth-order valence-electron chi connectivity index (χ4n) is 4.91. The van der Waals surface area contributed by atoms with Crippen molar-refractivity contribution in [1.82, 2.24) is 29.4 Å². The van der Waals surface area contributed by atoms with Crippen LogP contribution in [0.1, 0.15) is 48.3 Å². The third-order valence-corrected chi connectivity index (χ3v) is 6.78. The molecule has 5 heterocycles. The molecule has 0 radical (unpaired) electrons. The normalized spacial score (nSPS) is 16.8. The summed E-state index contributed by atoms with van der Waals surface area (Å²) in [4.78, 5) is 9.72. The van der Waals surface area contributed by atoms with E-state index in [-0.39, 0.29) is 0 Å². The molecular weight excluding hydrogens is 374 g/mol. The number of pyridine rings is 1. The van der Waals surface area contributed by atoms with Gasteiger partial charge in [0.05, 0.1) is 23.0 Å². The van der Waals surface area contributed by atoms with Crippen molar-refractivity contribution in [3.8, 4) is 0 Å². The minimum Gasteiger partial charge on any atom is -0.366 e. The highest BCUT2D eigenvalue weighted by Crippen LogP contribution is 2.32. The Bertz CT molecular complexity index is 1040. The van der Waals surface area contributed by atoms with Gasteiger partial charge < -0.3 is 9.80 Å². The molecule has 0 unspecified atom stereocenters. The van der Waals surface area contributed by atoms with Crippen molar-refractivity contribution in [2.24, 2.45) is 7.05 Å². The van der Waals surface area contributed by atoms with Gasteiger partial charge >= 0.3 is 0 Å². The number of nitrogens with zero attached hydrogens (tertiary/aromatic N) is 7. The van der Waals surface area contributed by atoms with Gasteiger partial charge in [0, 0.05) is 50.1 Å². The number of anilines is 1. The molecule has 160 valence electrons. The second kappa shape index (κ2) is 8.02. The van der Waals surface area contributed by atoms with Gasteiger partial charge in [-0.3, -0.25) is 9.36 Å². The summed E-state index contributed by atoms with van der Waals surface area (Å²) in [6.45, 7) is 11.1. The van der Waals surface area contributed by atoms with Crippen molar-refractivity contribution in [2.75, 3.05) is 31.1 Å². The van der Waals surface area contributed by atoms with E-state index in [1.165, 1.54) is 68.0 Å². The molecule has 0 saturated carbocycles. The summed E-state index contributed by atoms with van der Waals surface area (Å²) in [6, 6.07) is 2.20. The van der Waals surface area contributed by atoms with E-state index in [0.717, 1.165) is 42.8 Å². The van der Waals surface area contributed by atoms with Gasteiger partial charge in [0.15, 0.2) is 5.65 Å². The van der Waals surface area contributed by atoms with Gasteiger partial charge in [-0.05, 0) is 58.8 Å². The van der Waals surface area contributed by atoms with Crippen molar-refractivity contribution >= 4 is 16.7 Å². The topological polar surface area (TPSA) is 55.0 Å². The molecule has 7 heteroatoms. The molecule has 2 aliphatic rings. The first-order chi connectivity index (χ1) is 14.6. The highest BCUT2D eigenvalue weighted by atomic mass is 15.3. The van der Waals surface area contributed by atoms with Crippen LogP contribution in [0.25, 0.3) is 11.0 Å². The van der Waals surface area contributed by atoms with Crippen molar-refractivity contribution in [2.45, 2.75) is 59.0 Å². The Labute approximate surface area is 178 Å². The first kappa shape index (κ1) is 19.5. The first-order valence-corrected chi connectivity index (χ1v) is 11.4. The molecular formula is C23H33N7. The summed E-state index contributed by atoms with van der Waals surface area (Å²) in [5, 5.41) is 10.5. The molecule has 0 atom stereocenters. The van der Waals surface area contributed by atoms with Crippen molar-refractivity contribution in [3.05, 3.63) is 34.9 Å². The van der Waals surface area contributed by atoms with Crippen LogP contribution in [0, 0.1) is 13.8 Å². The number of hydrogen-bond acceptors (Lipinski definition) is 5. The predicted octanol–water partition coefficient (Wildman–Crippen LogP) is 3.22. The van der Waals surface area contributed by atoms with E-state index < -0.39 is 0 Å². The monoisotopic (exact) mass is 407 g/mol. The van der Waals surface area contributed by atoms with E-state index >= 15 is 0 Å². The molecule has 0 aliphatic carbocycles. The fraction of sp³-hybridized carbons (Fsp3) is 0.609. The lowest BCUT2D eigenvalue weighted by Crippen LogP contribution is -2.37. The van der Waals surface area contributed by atoms with Crippen LogP contribution in [0.3, 0.4) is 0 Å². The van der Waals surface area contributed by atoms with Crippen molar-refractivity contribution < 1.29 is 0 Å². The Balaban J connectivity index is 1.28. The SMILES string of the molecule is Cc1cc(N2CCc3c(c(C)nn3CCCCCN3CCC3)C2)c2cnn(C)c2n1. The maximum atomic E-state index is 4.92. The molecule has 30 heavy (non-hydrogen) atoms. The van der Waals surface area contributed by atoms with E-state index in [9.17, 15) is 0 Å². The molecule has 1 fully saturated rings. The number of unbranched alkanes of at least 4 members (excludes halogenated alkanes) is 2. The number of hydrogen-bond donors (Lipinski definition) is 0. The molecule has 3 aromatic rings. The van der Waals surface area contributed by atoms with Gasteiger partial charge in [-0.2, -0.15) is 10.2 Å². The Morgan fingerprint density at radius 1 is 1.03 bits per heavy atom. The van der Waals surface area contributed by atoms with Crippen LogP contribution >= 0.6 is 0 Å². The molecule has 0 N–H and O–H groups in total. The molecule has 0 bridgehead atoms. The van der Waals surface area contributed by atoms with Crippen LogP contribution in [-0.4, -0.2) is 55.6 Å². The zero-order chi connectivity index (χ0) is 20.7. The average molecular weight is 408 g/mol. The standard InChI is InChI=1S/C23H33N7/c1-17-14-22(19-15-24-27(3)23(19)25-17)29-13-8-21-20(16-29)18(2)26-30(21)12-6-4-5-9-28-10-7-11-28/h14-15H,4-13,16H2,1-3H3. The van der Waals surface area contributed by atoms with E-state index in [0.29, 0.717) is 0 Å². The summed E-state index contributed by atoms with van der Waals surface area (Å²) in [7, 11) is 1.96. The van der Waals surface area contributed by atoms with E-state index in [1.807, 2.05) is 17.9 Å². The van der Waals surface area contributed by atoms with Crippen LogP contribution in [0.2, 0.25) is 0 Å². The minimum absolute atomic E-state index is 0.920. The lowest BCUT2D eigenvalue weighted by molar-refractivity contribution is 0.177.